The van der Waals surface area contributed by atoms with Crippen LogP contribution in [0, 0.1) is 11.6 Å². The summed E-state index contributed by atoms with van der Waals surface area (Å²) < 4.78 is 60.7. The van der Waals surface area contributed by atoms with Gasteiger partial charge < -0.3 is 4.74 Å². The van der Waals surface area contributed by atoms with Crippen LogP contribution in [0.1, 0.15) is 18.6 Å². The summed E-state index contributed by atoms with van der Waals surface area (Å²) in [5, 5.41) is 1.54. The molecule has 0 unspecified atom stereocenters. The van der Waals surface area contributed by atoms with Gasteiger partial charge in [0.15, 0.2) is 5.13 Å². The fourth-order valence-corrected chi connectivity index (χ4v) is 4.46. The molecule has 0 spiro atoms. The Kier molecular flexibility index (Phi) is 5.64. The van der Waals surface area contributed by atoms with Crippen molar-refractivity contribution < 1.29 is 21.9 Å². The van der Waals surface area contributed by atoms with E-state index in [4.69, 9.17) is 16.3 Å². The molecule has 142 valence electrons. The zero-order valence-corrected chi connectivity index (χ0v) is 16.2. The first-order chi connectivity index (χ1) is 12.8. The van der Waals surface area contributed by atoms with E-state index in [0.717, 1.165) is 23.5 Å². The molecule has 1 heterocycles. The van der Waals surface area contributed by atoms with E-state index in [-0.39, 0.29) is 21.5 Å². The van der Waals surface area contributed by atoms with Gasteiger partial charge in [-0.1, -0.05) is 29.8 Å². The van der Waals surface area contributed by atoms with Crippen LogP contribution >= 0.6 is 22.9 Å². The number of anilines is 1. The number of rotatable bonds is 6. The highest BCUT2D eigenvalue weighted by Gasteiger charge is 2.24. The second-order valence-electron chi connectivity index (χ2n) is 5.44. The maximum Gasteiger partial charge on any atom is 0.266 e. The van der Waals surface area contributed by atoms with Gasteiger partial charge in [-0.3, -0.25) is 4.72 Å². The molecule has 1 atom stereocenters. The van der Waals surface area contributed by atoms with E-state index in [9.17, 15) is 17.2 Å². The van der Waals surface area contributed by atoms with Gasteiger partial charge >= 0.3 is 0 Å². The van der Waals surface area contributed by atoms with Gasteiger partial charge in [0.05, 0.1) is 5.02 Å². The molecule has 1 N–H and O–H groups in total. The Bertz CT molecular complexity index is 1060. The third kappa shape index (κ3) is 4.37. The Hall–Kier alpha value is -2.23. The third-order valence-corrected chi connectivity index (χ3v) is 6.04. The molecular weight excluding hydrogens is 418 g/mol. The summed E-state index contributed by atoms with van der Waals surface area (Å²) in [6.45, 7) is 1.57. The Morgan fingerprint density at radius 3 is 2.63 bits per heavy atom. The van der Waals surface area contributed by atoms with Crippen LogP contribution in [0.2, 0.25) is 5.02 Å². The fourth-order valence-electron chi connectivity index (χ4n) is 2.31. The van der Waals surface area contributed by atoms with Crippen molar-refractivity contribution in [2.45, 2.75) is 17.9 Å². The quantitative estimate of drug-likeness (QED) is 0.596. The maximum absolute atomic E-state index is 14.4. The summed E-state index contributed by atoms with van der Waals surface area (Å²) in [7, 11) is -4.22. The second-order valence-corrected chi connectivity index (χ2v) is 8.39. The average Bonchev–Trinajstić information content (AvgIpc) is 3.10. The molecule has 2 aromatic carbocycles. The fraction of sp³-hybridized carbons (Fsp3) is 0.118. The molecule has 0 aliphatic carbocycles. The minimum atomic E-state index is -4.22. The number of ether oxygens (including phenoxy) is 1. The van der Waals surface area contributed by atoms with Crippen LogP contribution in [0.5, 0.6) is 5.75 Å². The van der Waals surface area contributed by atoms with Gasteiger partial charge in [0.2, 0.25) is 0 Å². The van der Waals surface area contributed by atoms with Crippen molar-refractivity contribution in [3.05, 3.63) is 70.2 Å². The second kappa shape index (κ2) is 7.79. The highest BCUT2D eigenvalue weighted by molar-refractivity contribution is 7.93. The molecule has 5 nitrogen and oxygen atoms in total. The minimum absolute atomic E-state index is 0.0963. The van der Waals surface area contributed by atoms with Crippen molar-refractivity contribution >= 4 is 38.1 Å². The lowest BCUT2D eigenvalue weighted by Gasteiger charge is -2.17. The zero-order chi connectivity index (χ0) is 19.6. The summed E-state index contributed by atoms with van der Waals surface area (Å²) in [5.41, 5.74) is 0.260. The molecule has 1 aromatic heterocycles. The summed E-state index contributed by atoms with van der Waals surface area (Å²) in [4.78, 5) is 3.15. The number of aromatic nitrogens is 1. The summed E-state index contributed by atoms with van der Waals surface area (Å²) >= 11 is 7.12. The lowest BCUT2D eigenvalue weighted by molar-refractivity contribution is 0.220. The molecular formula is C17H13ClF2N2O3S2. The van der Waals surface area contributed by atoms with Crippen LogP contribution in [0.3, 0.4) is 0 Å². The standard InChI is InChI=1S/C17H13ClF2N2O3S2/c1-10(11-4-2-3-5-13(11)19)25-15-9-14(20)16(8-12(15)18)27(23,24)22-17-21-6-7-26-17/h2-10H,1H3,(H,21,22)/t10-/m0/s1. The van der Waals surface area contributed by atoms with Gasteiger partial charge in [-0.15, -0.1) is 11.3 Å². The summed E-state index contributed by atoms with van der Waals surface area (Å²) in [6, 6.07) is 7.78. The average molecular weight is 431 g/mol. The van der Waals surface area contributed by atoms with Crippen LogP contribution in [-0.4, -0.2) is 13.4 Å². The minimum Gasteiger partial charge on any atom is -0.484 e. The van der Waals surface area contributed by atoms with Crippen LogP contribution in [0.4, 0.5) is 13.9 Å². The first kappa shape index (κ1) is 19.5. The van der Waals surface area contributed by atoms with Crippen molar-refractivity contribution in [1.29, 1.82) is 0 Å². The molecule has 0 aliphatic heterocycles. The highest BCUT2D eigenvalue weighted by Crippen LogP contribution is 2.34. The number of hydrogen-bond acceptors (Lipinski definition) is 5. The number of benzene rings is 2. The molecule has 27 heavy (non-hydrogen) atoms. The van der Waals surface area contributed by atoms with Gasteiger partial charge in [0.25, 0.3) is 10.0 Å². The van der Waals surface area contributed by atoms with Crippen LogP contribution < -0.4 is 9.46 Å². The van der Waals surface area contributed by atoms with E-state index in [1.807, 2.05) is 0 Å². The summed E-state index contributed by atoms with van der Waals surface area (Å²) in [6.07, 6.45) is 0.645. The molecule has 0 aliphatic rings. The normalized spacial score (nSPS) is 12.6. The topological polar surface area (TPSA) is 68.3 Å². The van der Waals surface area contributed by atoms with Gasteiger partial charge in [-0.25, -0.2) is 22.2 Å². The van der Waals surface area contributed by atoms with Crippen molar-refractivity contribution in [3.63, 3.8) is 0 Å². The molecule has 3 aromatic rings. The van der Waals surface area contributed by atoms with Crippen molar-refractivity contribution in [3.8, 4) is 5.75 Å². The number of halogens is 3. The van der Waals surface area contributed by atoms with Crippen molar-refractivity contribution in [1.82, 2.24) is 4.98 Å². The number of hydrogen-bond donors (Lipinski definition) is 1. The van der Waals surface area contributed by atoms with Crippen LogP contribution in [0.15, 0.2) is 52.9 Å². The van der Waals surface area contributed by atoms with Crippen molar-refractivity contribution in [2.75, 3.05) is 4.72 Å². The third-order valence-electron chi connectivity index (χ3n) is 3.58. The Morgan fingerprint density at radius 2 is 1.96 bits per heavy atom. The number of nitrogens with one attached hydrogen (secondary N) is 1. The van der Waals surface area contributed by atoms with E-state index in [1.165, 1.54) is 24.4 Å². The van der Waals surface area contributed by atoms with Gasteiger partial charge in [0.1, 0.15) is 28.4 Å². The van der Waals surface area contributed by atoms with Crippen LogP contribution in [-0.2, 0) is 10.0 Å². The van der Waals surface area contributed by atoms with E-state index in [2.05, 4.69) is 9.71 Å². The maximum atomic E-state index is 14.4. The Labute approximate surface area is 163 Å². The van der Waals surface area contributed by atoms with E-state index < -0.39 is 32.7 Å². The molecule has 0 bridgehead atoms. The first-order valence-corrected chi connectivity index (χ1v) is 10.3. The predicted molar refractivity (Wildman–Crippen MR) is 99.8 cm³/mol. The SMILES string of the molecule is C[C@H](Oc1cc(F)c(S(=O)(=O)Nc2nccs2)cc1Cl)c1ccccc1F. The van der Waals surface area contributed by atoms with Gasteiger partial charge in [-0.2, -0.15) is 0 Å². The lowest BCUT2D eigenvalue weighted by Crippen LogP contribution is -2.15. The predicted octanol–water partition coefficient (Wildman–Crippen LogP) is 5.02. The van der Waals surface area contributed by atoms with E-state index in [1.54, 1.807) is 18.4 Å². The molecule has 0 amide bonds. The Balaban J connectivity index is 1.88. The van der Waals surface area contributed by atoms with Gasteiger partial charge in [0, 0.05) is 23.2 Å². The molecule has 10 heteroatoms. The number of sulfonamides is 1. The summed E-state index contributed by atoms with van der Waals surface area (Å²) in [5.74, 6) is -1.63. The molecule has 0 saturated carbocycles. The largest absolute Gasteiger partial charge is 0.484 e. The first-order valence-electron chi connectivity index (χ1n) is 7.60. The smallest absolute Gasteiger partial charge is 0.266 e. The highest BCUT2D eigenvalue weighted by atomic mass is 35.5. The monoisotopic (exact) mass is 430 g/mol. The Morgan fingerprint density at radius 1 is 1.22 bits per heavy atom. The zero-order valence-electron chi connectivity index (χ0n) is 13.8. The van der Waals surface area contributed by atoms with E-state index in [0.29, 0.717) is 0 Å². The molecule has 3 rings (SSSR count). The number of nitrogens with zero attached hydrogens (tertiary/aromatic N) is 1. The van der Waals surface area contributed by atoms with Crippen molar-refractivity contribution in [2.24, 2.45) is 0 Å². The molecule has 0 fully saturated rings. The van der Waals surface area contributed by atoms with E-state index >= 15 is 0 Å². The molecule has 0 radical (unpaired) electrons. The van der Waals surface area contributed by atoms with Gasteiger partial charge in [-0.05, 0) is 19.1 Å². The van der Waals surface area contributed by atoms with Crippen LogP contribution in [0.25, 0.3) is 0 Å². The lowest BCUT2D eigenvalue weighted by atomic mass is 10.1. The molecule has 0 saturated heterocycles. The number of thiazole rings is 1.